The summed E-state index contributed by atoms with van der Waals surface area (Å²) < 4.78 is 0.266. The Bertz CT molecular complexity index is 440. The van der Waals surface area contributed by atoms with Crippen molar-refractivity contribution in [3.63, 3.8) is 0 Å². The molecule has 20 heavy (non-hydrogen) atoms. The van der Waals surface area contributed by atoms with Gasteiger partial charge in [-0.15, -0.1) is 11.8 Å². The van der Waals surface area contributed by atoms with Crippen LogP contribution in [0.15, 0.2) is 6.20 Å². The number of rotatable bonds is 4. The van der Waals surface area contributed by atoms with Gasteiger partial charge in [-0.1, -0.05) is 34.1 Å². The molecule has 4 heteroatoms. The molecule has 1 atom stereocenters. The Labute approximate surface area is 127 Å². The van der Waals surface area contributed by atoms with Crippen LogP contribution in [0.4, 0.5) is 0 Å². The molecule has 1 aromatic rings. The summed E-state index contributed by atoms with van der Waals surface area (Å²) in [4.78, 5) is 9.43. The third kappa shape index (κ3) is 4.45. The van der Waals surface area contributed by atoms with Gasteiger partial charge in [0.25, 0.3) is 0 Å². The molecular formula is C16H27N3S. The van der Waals surface area contributed by atoms with Crippen LogP contribution in [-0.2, 0) is 12.2 Å². The zero-order valence-electron chi connectivity index (χ0n) is 13.2. The molecule has 1 N–H and O–H groups in total. The predicted molar refractivity (Wildman–Crippen MR) is 87.1 cm³/mol. The molecule has 1 aliphatic carbocycles. The van der Waals surface area contributed by atoms with Crippen molar-refractivity contribution in [1.82, 2.24) is 15.3 Å². The van der Waals surface area contributed by atoms with E-state index in [1.54, 1.807) is 0 Å². The van der Waals surface area contributed by atoms with Gasteiger partial charge in [0.05, 0.1) is 5.75 Å². The lowest BCUT2D eigenvalue weighted by molar-refractivity contribution is 0.502. The van der Waals surface area contributed by atoms with Crippen LogP contribution in [0.5, 0.6) is 0 Å². The largest absolute Gasteiger partial charge is 0.310 e. The zero-order valence-corrected chi connectivity index (χ0v) is 14.0. The van der Waals surface area contributed by atoms with Crippen LogP contribution >= 0.6 is 11.8 Å². The van der Waals surface area contributed by atoms with E-state index in [1.165, 1.54) is 30.5 Å². The summed E-state index contributed by atoms with van der Waals surface area (Å²) >= 11 is 1.91. The van der Waals surface area contributed by atoms with Gasteiger partial charge in [-0.25, -0.2) is 9.97 Å². The van der Waals surface area contributed by atoms with Crippen molar-refractivity contribution in [3.05, 3.63) is 23.3 Å². The first-order chi connectivity index (χ1) is 9.49. The molecule has 0 aliphatic heterocycles. The second-order valence-corrected chi connectivity index (χ2v) is 8.25. The van der Waals surface area contributed by atoms with E-state index in [4.69, 9.17) is 4.98 Å². The third-order valence-electron chi connectivity index (χ3n) is 3.57. The summed E-state index contributed by atoms with van der Waals surface area (Å²) in [5, 5.41) is 3.57. The number of aromatic nitrogens is 2. The maximum absolute atomic E-state index is 4.84. The van der Waals surface area contributed by atoms with E-state index in [-0.39, 0.29) is 4.75 Å². The van der Waals surface area contributed by atoms with Crippen LogP contribution in [0.1, 0.15) is 70.1 Å². The van der Waals surface area contributed by atoms with E-state index in [2.05, 4.69) is 44.2 Å². The molecule has 3 nitrogen and oxygen atoms in total. The molecule has 0 spiro atoms. The minimum atomic E-state index is 0.266. The van der Waals surface area contributed by atoms with Crippen LogP contribution < -0.4 is 5.32 Å². The van der Waals surface area contributed by atoms with Crippen molar-refractivity contribution < 1.29 is 0 Å². The number of nitrogens with one attached hydrogen (secondary N) is 1. The van der Waals surface area contributed by atoms with Crippen LogP contribution in [-0.4, -0.2) is 21.3 Å². The first-order valence-corrected chi connectivity index (χ1v) is 8.70. The maximum Gasteiger partial charge on any atom is 0.138 e. The standard InChI is InChI=1S/C16H27N3S/c1-5-17-13-8-6-7-9-14-12(13)10-18-15(19-14)11-20-16(2,3)4/h10,13,17H,5-9,11H2,1-4H3. The Morgan fingerprint density at radius 3 is 2.85 bits per heavy atom. The van der Waals surface area contributed by atoms with Gasteiger partial charge in [-0.3, -0.25) is 0 Å². The van der Waals surface area contributed by atoms with Gasteiger partial charge < -0.3 is 5.32 Å². The highest BCUT2D eigenvalue weighted by atomic mass is 32.2. The second-order valence-electron chi connectivity index (χ2n) is 6.45. The first-order valence-electron chi connectivity index (χ1n) is 7.71. The molecule has 0 saturated carbocycles. The highest BCUT2D eigenvalue weighted by Crippen LogP contribution is 2.29. The number of thioether (sulfide) groups is 1. The number of fused-ring (bicyclic) bond motifs is 1. The molecule has 0 fully saturated rings. The number of nitrogens with zero attached hydrogens (tertiary/aromatic N) is 2. The molecule has 1 unspecified atom stereocenters. The summed E-state index contributed by atoms with van der Waals surface area (Å²) in [6, 6.07) is 0.446. The van der Waals surface area contributed by atoms with Gasteiger partial charge in [0.1, 0.15) is 5.82 Å². The second kappa shape index (κ2) is 6.90. The first kappa shape index (κ1) is 15.8. The summed E-state index contributed by atoms with van der Waals surface area (Å²) in [7, 11) is 0. The molecule has 1 aliphatic rings. The monoisotopic (exact) mass is 293 g/mol. The summed E-state index contributed by atoms with van der Waals surface area (Å²) in [6.45, 7) is 9.89. The fourth-order valence-electron chi connectivity index (χ4n) is 2.56. The molecule has 1 heterocycles. The molecule has 0 radical (unpaired) electrons. The molecule has 0 aromatic carbocycles. The Balaban J connectivity index is 2.15. The van der Waals surface area contributed by atoms with Gasteiger partial charge in [0.15, 0.2) is 0 Å². The quantitative estimate of drug-likeness (QED) is 0.855. The van der Waals surface area contributed by atoms with Gasteiger partial charge in [0, 0.05) is 28.2 Å². The van der Waals surface area contributed by atoms with E-state index in [9.17, 15) is 0 Å². The highest BCUT2D eigenvalue weighted by Gasteiger charge is 2.20. The molecule has 0 amide bonds. The average Bonchev–Trinajstić information content (AvgIpc) is 2.58. The Morgan fingerprint density at radius 1 is 1.35 bits per heavy atom. The van der Waals surface area contributed by atoms with Crippen molar-refractivity contribution >= 4 is 11.8 Å². The van der Waals surface area contributed by atoms with Crippen molar-refractivity contribution in [2.24, 2.45) is 0 Å². The van der Waals surface area contributed by atoms with Crippen molar-refractivity contribution in [2.75, 3.05) is 6.54 Å². The molecule has 0 saturated heterocycles. The number of aryl methyl sites for hydroxylation is 1. The fraction of sp³-hybridized carbons (Fsp3) is 0.750. The van der Waals surface area contributed by atoms with Gasteiger partial charge in [0.2, 0.25) is 0 Å². The van der Waals surface area contributed by atoms with Gasteiger partial charge in [-0.05, 0) is 25.8 Å². The van der Waals surface area contributed by atoms with Crippen LogP contribution in [0.2, 0.25) is 0 Å². The van der Waals surface area contributed by atoms with E-state index in [0.717, 1.165) is 24.5 Å². The lowest BCUT2D eigenvalue weighted by atomic mass is 10.1. The summed E-state index contributed by atoms with van der Waals surface area (Å²) in [5.74, 6) is 1.89. The smallest absolute Gasteiger partial charge is 0.138 e. The molecule has 112 valence electrons. The fourth-order valence-corrected chi connectivity index (χ4v) is 3.27. The van der Waals surface area contributed by atoms with Crippen molar-refractivity contribution in [2.45, 2.75) is 69.9 Å². The van der Waals surface area contributed by atoms with Crippen molar-refractivity contribution in [3.8, 4) is 0 Å². The molecule has 0 bridgehead atoms. The molecule has 2 rings (SSSR count). The van der Waals surface area contributed by atoms with Crippen molar-refractivity contribution in [1.29, 1.82) is 0 Å². The lowest BCUT2D eigenvalue weighted by Gasteiger charge is -2.19. The van der Waals surface area contributed by atoms with Crippen LogP contribution in [0, 0.1) is 0 Å². The minimum absolute atomic E-state index is 0.266. The maximum atomic E-state index is 4.84. The summed E-state index contributed by atoms with van der Waals surface area (Å²) in [6.07, 6.45) is 6.91. The molecular weight excluding hydrogens is 266 g/mol. The van der Waals surface area contributed by atoms with Gasteiger partial charge in [-0.2, -0.15) is 0 Å². The third-order valence-corrected chi connectivity index (χ3v) is 4.84. The van der Waals surface area contributed by atoms with E-state index in [0.29, 0.717) is 6.04 Å². The topological polar surface area (TPSA) is 37.8 Å². The molecule has 1 aromatic heterocycles. The lowest BCUT2D eigenvalue weighted by Crippen LogP contribution is -2.22. The highest BCUT2D eigenvalue weighted by molar-refractivity contribution is 7.99. The number of hydrogen-bond donors (Lipinski definition) is 1. The Kier molecular flexibility index (Phi) is 5.44. The Morgan fingerprint density at radius 2 is 2.15 bits per heavy atom. The Hall–Kier alpha value is -0.610. The minimum Gasteiger partial charge on any atom is -0.310 e. The summed E-state index contributed by atoms with van der Waals surface area (Å²) in [5.41, 5.74) is 2.60. The van der Waals surface area contributed by atoms with E-state index < -0.39 is 0 Å². The number of hydrogen-bond acceptors (Lipinski definition) is 4. The SMILES string of the molecule is CCNC1CCCCc2nc(CSC(C)(C)C)ncc21. The van der Waals surface area contributed by atoms with E-state index >= 15 is 0 Å². The predicted octanol–water partition coefficient (Wildman–Crippen LogP) is 3.89. The van der Waals surface area contributed by atoms with Crippen LogP contribution in [0.3, 0.4) is 0 Å². The normalized spacial score (nSPS) is 19.5. The van der Waals surface area contributed by atoms with Crippen LogP contribution in [0.25, 0.3) is 0 Å². The van der Waals surface area contributed by atoms with E-state index in [1.807, 2.05) is 11.8 Å². The van der Waals surface area contributed by atoms with Gasteiger partial charge >= 0.3 is 0 Å². The average molecular weight is 293 g/mol. The zero-order chi connectivity index (χ0) is 14.6.